The van der Waals surface area contributed by atoms with Crippen LogP contribution >= 0.6 is 24.0 Å². The topological polar surface area (TPSA) is 21.3 Å². The molecule has 2 nitrogen and oxygen atoms in total. The van der Waals surface area contributed by atoms with Gasteiger partial charge in [0.05, 0.1) is 0 Å². The van der Waals surface area contributed by atoms with Crippen LogP contribution in [0.1, 0.15) is 24.5 Å². The van der Waals surface area contributed by atoms with E-state index in [0.29, 0.717) is 6.61 Å². The Labute approximate surface area is 160 Å². The Morgan fingerprint density at radius 1 is 0.960 bits per heavy atom. The maximum absolute atomic E-state index is 6.12. The van der Waals surface area contributed by atoms with Crippen molar-refractivity contribution in [2.75, 3.05) is 6.54 Å². The first-order chi connectivity index (χ1) is 11.8. The van der Waals surface area contributed by atoms with Crippen molar-refractivity contribution < 1.29 is 4.74 Å². The molecule has 132 valence electrons. The lowest BCUT2D eigenvalue weighted by molar-refractivity contribution is 0.303. The second kappa shape index (κ2) is 9.67. The fourth-order valence-electron chi connectivity index (χ4n) is 2.77. The van der Waals surface area contributed by atoms with E-state index in [4.69, 9.17) is 16.3 Å². The average Bonchev–Trinajstić information content (AvgIpc) is 2.62. The van der Waals surface area contributed by atoms with Gasteiger partial charge in [-0.2, -0.15) is 0 Å². The van der Waals surface area contributed by atoms with Gasteiger partial charge in [-0.3, -0.25) is 0 Å². The molecular formula is C21H23Cl2NO. The maximum Gasteiger partial charge on any atom is 0.124 e. The van der Waals surface area contributed by atoms with E-state index in [1.807, 2.05) is 24.3 Å². The minimum Gasteiger partial charge on any atom is -0.489 e. The molecule has 0 radical (unpaired) electrons. The molecule has 1 N–H and O–H groups in total. The molecule has 0 amide bonds. The van der Waals surface area contributed by atoms with Gasteiger partial charge >= 0.3 is 0 Å². The van der Waals surface area contributed by atoms with Crippen molar-refractivity contribution in [1.29, 1.82) is 0 Å². The van der Waals surface area contributed by atoms with Gasteiger partial charge in [0.2, 0.25) is 0 Å². The van der Waals surface area contributed by atoms with Crippen LogP contribution < -0.4 is 10.1 Å². The lowest BCUT2D eigenvalue weighted by atomic mass is 10.0. The highest BCUT2D eigenvalue weighted by Gasteiger charge is 2.09. The summed E-state index contributed by atoms with van der Waals surface area (Å²) in [5.74, 6) is 0.937. The predicted octanol–water partition coefficient (Wildman–Crippen LogP) is 5.99. The summed E-state index contributed by atoms with van der Waals surface area (Å²) in [6.07, 6.45) is 1.12. The molecule has 3 aromatic carbocycles. The molecule has 0 saturated heterocycles. The number of nitrogens with one attached hydrogen (secondary N) is 1. The van der Waals surface area contributed by atoms with Gasteiger partial charge in [-0.1, -0.05) is 61.0 Å². The molecule has 4 heteroatoms. The van der Waals surface area contributed by atoms with Gasteiger partial charge in [0.25, 0.3) is 0 Å². The lowest BCUT2D eigenvalue weighted by Gasteiger charge is -2.15. The van der Waals surface area contributed by atoms with E-state index in [9.17, 15) is 0 Å². The predicted molar refractivity (Wildman–Crippen MR) is 109 cm³/mol. The normalized spacial score (nSPS) is 10.5. The molecule has 0 saturated carbocycles. The fraction of sp³-hybridized carbons (Fsp3) is 0.238. The van der Waals surface area contributed by atoms with Crippen LogP contribution in [0.3, 0.4) is 0 Å². The van der Waals surface area contributed by atoms with Crippen LogP contribution in [0.5, 0.6) is 5.75 Å². The molecule has 0 bridgehead atoms. The Morgan fingerprint density at radius 2 is 1.72 bits per heavy atom. The average molecular weight is 376 g/mol. The molecule has 0 heterocycles. The van der Waals surface area contributed by atoms with E-state index in [0.717, 1.165) is 35.8 Å². The molecule has 0 atom stereocenters. The number of rotatable bonds is 7. The van der Waals surface area contributed by atoms with Crippen LogP contribution in [-0.4, -0.2) is 6.54 Å². The number of benzene rings is 3. The Kier molecular flexibility index (Phi) is 7.57. The van der Waals surface area contributed by atoms with E-state index in [2.05, 4.69) is 48.6 Å². The van der Waals surface area contributed by atoms with Crippen LogP contribution in [0.25, 0.3) is 10.8 Å². The Balaban J connectivity index is 0.00000225. The Hall–Kier alpha value is -1.74. The zero-order chi connectivity index (χ0) is 16.8. The van der Waals surface area contributed by atoms with Gasteiger partial charge in [-0.25, -0.2) is 0 Å². The number of ether oxygens (including phenoxy) is 1. The van der Waals surface area contributed by atoms with Crippen molar-refractivity contribution >= 4 is 34.8 Å². The Bertz CT molecular complexity index is 803. The standard InChI is InChI=1S/C21H22ClNO.ClH/c1-2-13-23-14-20-19-6-4-3-5-17(19)9-12-21(20)24-15-16-7-10-18(22)11-8-16;/h3-12,23H,2,13-15H2,1H3;1H. The van der Waals surface area contributed by atoms with Crippen molar-refractivity contribution in [2.45, 2.75) is 26.5 Å². The van der Waals surface area contributed by atoms with Crippen molar-refractivity contribution in [3.8, 4) is 5.75 Å². The van der Waals surface area contributed by atoms with Gasteiger partial charge in [0.1, 0.15) is 12.4 Å². The molecule has 0 fully saturated rings. The van der Waals surface area contributed by atoms with Gasteiger partial charge in [-0.15, -0.1) is 12.4 Å². The first-order valence-corrected chi connectivity index (χ1v) is 8.74. The Morgan fingerprint density at radius 3 is 2.48 bits per heavy atom. The van der Waals surface area contributed by atoms with Gasteiger partial charge in [-0.05, 0) is 47.5 Å². The fourth-order valence-corrected chi connectivity index (χ4v) is 2.89. The van der Waals surface area contributed by atoms with Crippen LogP contribution in [-0.2, 0) is 13.2 Å². The van der Waals surface area contributed by atoms with E-state index in [1.54, 1.807) is 0 Å². The highest BCUT2D eigenvalue weighted by molar-refractivity contribution is 6.30. The third kappa shape index (κ3) is 5.12. The zero-order valence-electron chi connectivity index (χ0n) is 14.3. The summed E-state index contributed by atoms with van der Waals surface area (Å²) in [6.45, 7) is 4.52. The number of halogens is 2. The van der Waals surface area contributed by atoms with Crippen LogP contribution in [0, 0.1) is 0 Å². The van der Waals surface area contributed by atoms with Crippen LogP contribution in [0.15, 0.2) is 60.7 Å². The van der Waals surface area contributed by atoms with E-state index >= 15 is 0 Å². The zero-order valence-corrected chi connectivity index (χ0v) is 15.9. The molecule has 0 aromatic heterocycles. The summed E-state index contributed by atoms with van der Waals surface area (Å²) in [7, 11) is 0. The molecule has 0 unspecified atom stereocenters. The second-order valence-electron chi connectivity index (χ2n) is 5.86. The molecule has 0 aliphatic heterocycles. The summed E-state index contributed by atoms with van der Waals surface area (Å²) < 4.78 is 6.12. The third-order valence-corrected chi connectivity index (χ3v) is 4.29. The summed E-state index contributed by atoms with van der Waals surface area (Å²) in [4.78, 5) is 0. The maximum atomic E-state index is 6.12. The molecule has 0 spiro atoms. The molecular weight excluding hydrogens is 353 g/mol. The highest BCUT2D eigenvalue weighted by Crippen LogP contribution is 2.29. The first kappa shape index (κ1) is 19.6. The first-order valence-electron chi connectivity index (χ1n) is 8.36. The lowest BCUT2D eigenvalue weighted by Crippen LogP contribution is -2.15. The second-order valence-corrected chi connectivity index (χ2v) is 6.29. The number of fused-ring (bicyclic) bond motifs is 1. The smallest absolute Gasteiger partial charge is 0.124 e. The summed E-state index contributed by atoms with van der Waals surface area (Å²) in [5, 5.41) is 6.72. The van der Waals surface area contributed by atoms with E-state index < -0.39 is 0 Å². The molecule has 0 aliphatic rings. The summed E-state index contributed by atoms with van der Waals surface area (Å²) in [6, 6.07) is 20.4. The largest absolute Gasteiger partial charge is 0.489 e. The monoisotopic (exact) mass is 375 g/mol. The molecule has 3 rings (SSSR count). The quantitative estimate of drug-likeness (QED) is 0.511. The summed E-state index contributed by atoms with van der Waals surface area (Å²) in [5.41, 5.74) is 2.33. The van der Waals surface area contributed by atoms with Crippen molar-refractivity contribution in [1.82, 2.24) is 5.32 Å². The minimum atomic E-state index is 0. The SMILES string of the molecule is CCCNCc1c(OCc2ccc(Cl)cc2)ccc2ccccc12.Cl. The number of hydrogen-bond acceptors (Lipinski definition) is 2. The highest BCUT2D eigenvalue weighted by atomic mass is 35.5. The minimum absolute atomic E-state index is 0. The number of hydrogen-bond donors (Lipinski definition) is 1. The molecule has 3 aromatic rings. The van der Waals surface area contributed by atoms with Crippen LogP contribution in [0.4, 0.5) is 0 Å². The van der Waals surface area contributed by atoms with Gasteiger partial charge < -0.3 is 10.1 Å². The summed E-state index contributed by atoms with van der Waals surface area (Å²) >= 11 is 5.94. The van der Waals surface area contributed by atoms with Crippen LogP contribution in [0.2, 0.25) is 5.02 Å². The van der Waals surface area contributed by atoms with Crippen molar-refractivity contribution in [2.24, 2.45) is 0 Å². The van der Waals surface area contributed by atoms with Gasteiger partial charge in [0, 0.05) is 17.1 Å². The molecule has 0 aliphatic carbocycles. The van der Waals surface area contributed by atoms with Crippen molar-refractivity contribution in [3.05, 3.63) is 76.8 Å². The third-order valence-electron chi connectivity index (χ3n) is 4.03. The van der Waals surface area contributed by atoms with Gasteiger partial charge in [0.15, 0.2) is 0 Å². The van der Waals surface area contributed by atoms with E-state index in [1.165, 1.54) is 16.3 Å². The van der Waals surface area contributed by atoms with E-state index in [-0.39, 0.29) is 12.4 Å². The molecule has 25 heavy (non-hydrogen) atoms. The van der Waals surface area contributed by atoms with Crippen molar-refractivity contribution in [3.63, 3.8) is 0 Å².